The van der Waals surface area contributed by atoms with Gasteiger partial charge in [0, 0.05) is 5.69 Å². The third-order valence-corrected chi connectivity index (χ3v) is 2.68. The van der Waals surface area contributed by atoms with E-state index in [4.69, 9.17) is 16.9 Å². The Labute approximate surface area is 109 Å². The summed E-state index contributed by atoms with van der Waals surface area (Å²) in [6.45, 7) is 1.79. The minimum atomic E-state index is -0.491. The van der Waals surface area contributed by atoms with E-state index in [1.165, 1.54) is 12.1 Å². The average molecular weight is 262 g/mol. The number of para-hydroxylation sites is 1. The van der Waals surface area contributed by atoms with Gasteiger partial charge >= 0.3 is 0 Å². The number of aromatic nitrogens is 1. The Bertz CT molecular complexity index is 614. The van der Waals surface area contributed by atoms with Crippen molar-refractivity contribution in [1.29, 1.82) is 5.26 Å². The van der Waals surface area contributed by atoms with Crippen LogP contribution in [0.3, 0.4) is 0 Å². The number of anilines is 2. The molecule has 2 aromatic rings. The molecule has 0 aliphatic heterocycles. The first-order valence-electron chi connectivity index (χ1n) is 5.20. The van der Waals surface area contributed by atoms with E-state index in [2.05, 4.69) is 10.3 Å². The van der Waals surface area contributed by atoms with Crippen molar-refractivity contribution in [3.8, 4) is 6.07 Å². The number of nitriles is 1. The molecular formula is C13H9ClFN3. The Morgan fingerprint density at radius 1 is 1.33 bits per heavy atom. The highest BCUT2D eigenvalue weighted by Crippen LogP contribution is 2.28. The van der Waals surface area contributed by atoms with Crippen molar-refractivity contribution in [3.63, 3.8) is 0 Å². The summed E-state index contributed by atoms with van der Waals surface area (Å²) in [5.74, 6) is -0.195. The molecule has 0 unspecified atom stereocenters. The summed E-state index contributed by atoms with van der Waals surface area (Å²) in [5.41, 5.74) is 1.18. The van der Waals surface area contributed by atoms with Crippen LogP contribution < -0.4 is 5.32 Å². The van der Waals surface area contributed by atoms with Gasteiger partial charge in [-0.05, 0) is 31.2 Å². The molecule has 0 aliphatic rings. The molecular weight excluding hydrogens is 253 g/mol. The van der Waals surface area contributed by atoms with Gasteiger partial charge in [-0.25, -0.2) is 9.37 Å². The Hall–Kier alpha value is -2.12. The average Bonchev–Trinajstić information content (AvgIpc) is 2.34. The molecule has 0 atom stereocenters. The number of hydrogen-bond donors (Lipinski definition) is 1. The second-order valence-electron chi connectivity index (χ2n) is 3.68. The van der Waals surface area contributed by atoms with Crippen LogP contribution in [-0.2, 0) is 0 Å². The summed E-state index contributed by atoms with van der Waals surface area (Å²) < 4.78 is 13.6. The lowest BCUT2D eigenvalue weighted by atomic mass is 10.2. The standard InChI is InChI=1S/C13H9ClFN3/c1-8-5-6-9(7-16)13(17-8)18-12-10(14)3-2-4-11(12)15/h2-6H,1H3,(H,17,18). The highest BCUT2D eigenvalue weighted by atomic mass is 35.5. The van der Waals surface area contributed by atoms with E-state index in [1.54, 1.807) is 25.1 Å². The molecule has 0 saturated heterocycles. The molecule has 1 heterocycles. The van der Waals surface area contributed by atoms with Gasteiger partial charge in [0.25, 0.3) is 0 Å². The van der Waals surface area contributed by atoms with E-state index >= 15 is 0 Å². The lowest BCUT2D eigenvalue weighted by molar-refractivity contribution is 0.632. The number of pyridine rings is 1. The summed E-state index contributed by atoms with van der Waals surface area (Å²) in [6, 6.07) is 9.69. The SMILES string of the molecule is Cc1ccc(C#N)c(Nc2c(F)cccc2Cl)n1. The molecule has 18 heavy (non-hydrogen) atoms. The van der Waals surface area contributed by atoms with Gasteiger partial charge in [-0.15, -0.1) is 0 Å². The van der Waals surface area contributed by atoms with Gasteiger partial charge in [-0.2, -0.15) is 5.26 Å². The van der Waals surface area contributed by atoms with E-state index < -0.39 is 5.82 Å². The number of rotatable bonds is 2. The van der Waals surface area contributed by atoms with Crippen molar-refractivity contribution in [2.24, 2.45) is 0 Å². The van der Waals surface area contributed by atoms with Crippen LogP contribution in [0.1, 0.15) is 11.3 Å². The van der Waals surface area contributed by atoms with Crippen molar-refractivity contribution in [3.05, 3.63) is 52.4 Å². The molecule has 1 aromatic heterocycles. The lowest BCUT2D eigenvalue weighted by Gasteiger charge is -2.10. The first-order chi connectivity index (χ1) is 8.61. The van der Waals surface area contributed by atoms with Crippen molar-refractivity contribution in [1.82, 2.24) is 4.98 Å². The number of halogens is 2. The third-order valence-electron chi connectivity index (χ3n) is 2.36. The fraction of sp³-hybridized carbons (Fsp3) is 0.0769. The monoisotopic (exact) mass is 261 g/mol. The maximum Gasteiger partial charge on any atom is 0.148 e. The summed E-state index contributed by atoms with van der Waals surface area (Å²) in [7, 11) is 0. The molecule has 2 rings (SSSR count). The number of nitrogens with one attached hydrogen (secondary N) is 1. The number of aryl methyl sites for hydroxylation is 1. The summed E-state index contributed by atoms with van der Waals surface area (Å²) in [6.07, 6.45) is 0. The maximum absolute atomic E-state index is 13.6. The maximum atomic E-state index is 13.6. The second kappa shape index (κ2) is 5.03. The van der Waals surface area contributed by atoms with E-state index in [0.29, 0.717) is 11.4 Å². The van der Waals surface area contributed by atoms with Crippen molar-refractivity contribution >= 4 is 23.1 Å². The highest BCUT2D eigenvalue weighted by Gasteiger charge is 2.10. The molecule has 0 fully saturated rings. The quantitative estimate of drug-likeness (QED) is 0.895. The zero-order chi connectivity index (χ0) is 13.1. The first kappa shape index (κ1) is 12.3. The predicted octanol–water partition coefficient (Wildman–Crippen LogP) is 3.80. The minimum absolute atomic E-state index is 0.119. The number of benzene rings is 1. The fourth-order valence-electron chi connectivity index (χ4n) is 1.48. The zero-order valence-corrected chi connectivity index (χ0v) is 10.3. The van der Waals surface area contributed by atoms with Gasteiger partial charge < -0.3 is 5.32 Å². The molecule has 0 spiro atoms. The Kier molecular flexibility index (Phi) is 3.45. The molecule has 0 amide bonds. The third kappa shape index (κ3) is 2.41. The zero-order valence-electron chi connectivity index (χ0n) is 9.54. The van der Waals surface area contributed by atoms with Crippen molar-refractivity contribution in [2.75, 3.05) is 5.32 Å². The first-order valence-corrected chi connectivity index (χ1v) is 5.58. The molecule has 0 radical (unpaired) electrons. The van der Waals surface area contributed by atoms with Crippen LogP contribution in [-0.4, -0.2) is 4.98 Å². The van der Waals surface area contributed by atoms with E-state index in [-0.39, 0.29) is 10.7 Å². The highest BCUT2D eigenvalue weighted by molar-refractivity contribution is 6.33. The van der Waals surface area contributed by atoms with Crippen molar-refractivity contribution in [2.45, 2.75) is 6.92 Å². The normalized spacial score (nSPS) is 9.89. The van der Waals surface area contributed by atoms with Crippen LogP contribution >= 0.6 is 11.6 Å². The van der Waals surface area contributed by atoms with Gasteiger partial charge in [0.2, 0.25) is 0 Å². The summed E-state index contributed by atoms with van der Waals surface area (Å²) in [5, 5.41) is 12.0. The topological polar surface area (TPSA) is 48.7 Å². The Morgan fingerprint density at radius 2 is 2.11 bits per heavy atom. The summed E-state index contributed by atoms with van der Waals surface area (Å²) in [4.78, 5) is 4.16. The predicted molar refractivity (Wildman–Crippen MR) is 68.4 cm³/mol. The van der Waals surface area contributed by atoms with Gasteiger partial charge in [0.15, 0.2) is 0 Å². The molecule has 0 saturated carbocycles. The van der Waals surface area contributed by atoms with Crippen LogP contribution in [0.5, 0.6) is 0 Å². The van der Waals surface area contributed by atoms with Crippen LogP contribution in [0.15, 0.2) is 30.3 Å². The van der Waals surface area contributed by atoms with Crippen LogP contribution in [0.4, 0.5) is 15.9 Å². The summed E-state index contributed by atoms with van der Waals surface area (Å²) >= 11 is 5.90. The van der Waals surface area contributed by atoms with Crippen LogP contribution in [0.25, 0.3) is 0 Å². The van der Waals surface area contributed by atoms with Crippen LogP contribution in [0.2, 0.25) is 5.02 Å². The lowest BCUT2D eigenvalue weighted by Crippen LogP contribution is -2.00. The number of nitrogens with zero attached hydrogens (tertiary/aromatic N) is 2. The molecule has 0 bridgehead atoms. The van der Waals surface area contributed by atoms with Gasteiger partial charge in [0.05, 0.1) is 16.3 Å². The van der Waals surface area contributed by atoms with Crippen LogP contribution in [0, 0.1) is 24.1 Å². The molecule has 5 heteroatoms. The molecule has 0 aliphatic carbocycles. The molecule has 1 N–H and O–H groups in total. The van der Waals surface area contributed by atoms with Gasteiger partial charge in [0.1, 0.15) is 17.7 Å². The Morgan fingerprint density at radius 3 is 2.78 bits per heavy atom. The second-order valence-corrected chi connectivity index (χ2v) is 4.09. The van der Waals surface area contributed by atoms with Gasteiger partial charge in [-0.1, -0.05) is 17.7 Å². The smallest absolute Gasteiger partial charge is 0.148 e. The molecule has 90 valence electrons. The number of hydrogen-bond acceptors (Lipinski definition) is 3. The van der Waals surface area contributed by atoms with Crippen molar-refractivity contribution < 1.29 is 4.39 Å². The van der Waals surface area contributed by atoms with E-state index in [9.17, 15) is 4.39 Å². The molecule has 3 nitrogen and oxygen atoms in total. The Balaban J connectivity index is 2.46. The minimum Gasteiger partial charge on any atom is -0.336 e. The molecule has 1 aromatic carbocycles. The fourth-order valence-corrected chi connectivity index (χ4v) is 1.69. The van der Waals surface area contributed by atoms with Gasteiger partial charge in [-0.3, -0.25) is 0 Å². The van der Waals surface area contributed by atoms with E-state index in [1.807, 2.05) is 6.07 Å². The largest absolute Gasteiger partial charge is 0.336 e. The van der Waals surface area contributed by atoms with E-state index in [0.717, 1.165) is 5.69 Å².